The van der Waals surface area contributed by atoms with Gasteiger partial charge < -0.3 is 15.5 Å². The number of rotatable bonds is 3. The summed E-state index contributed by atoms with van der Waals surface area (Å²) in [6, 6.07) is 6.47. The van der Waals surface area contributed by atoms with Crippen molar-refractivity contribution in [2.75, 3.05) is 31.1 Å². The number of likely N-dealkylation sites (tertiary alicyclic amines) is 1. The number of carbonyl (C=O) groups excluding carboxylic acids is 1. The highest BCUT2D eigenvalue weighted by molar-refractivity contribution is 5.82. The summed E-state index contributed by atoms with van der Waals surface area (Å²) in [5.41, 5.74) is 9.65. The molecule has 1 aromatic rings. The Bertz CT molecular complexity index is 506. The van der Waals surface area contributed by atoms with E-state index in [0.29, 0.717) is 6.54 Å². The van der Waals surface area contributed by atoms with Gasteiger partial charge in [-0.15, -0.1) is 0 Å². The quantitative estimate of drug-likeness (QED) is 0.912. The van der Waals surface area contributed by atoms with Crippen molar-refractivity contribution in [2.45, 2.75) is 32.2 Å². The molecule has 0 bridgehead atoms. The number of nitrogens with two attached hydrogens (primary N) is 1. The molecule has 108 valence electrons. The van der Waals surface area contributed by atoms with Gasteiger partial charge in [-0.2, -0.15) is 0 Å². The van der Waals surface area contributed by atoms with Crippen molar-refractivity contribution in [1.29, 1.82) is 0 Å². The molecule has 4 heteroatoms. The highest BCUT2D eigenvalue weighted by atomic mass is 16.2. The van der Waals surface area contributed by atoms with E-state index in [-0.39, 0.29) is 11.9 Å². The molecule has 2 heterocycles. The van der Waals surface area contributed by atoms with Gasteiger partial charge in [-0.1, -0.05) is 12.1 Å². The summed E-state index contributed by atoms with van der Waals surface area (Å²) in [4.78, 5) is 16.5. The number of hydrogen-bond acceptors (Lipinski definition) is 3. The fourth-order valence-electron chi connectivity index (χ4n) is 3.17. The van der Waals surface area contributed by atoms with Crippen molar-refractivity contribution in [3.05, 3.63) is 29.3 Å². The first-order valence-corrected chi connectivity index (χ1v) is 7.56. The van der Waals surface area contributed by atoms with E-state index in [1.807, 2.05) is 11.8 Å². The Morgan fingerprint density at radius 3 is 2.75 bits per heavy atom. The largest absolute Gasteiger partial charge is 0.362 e. The number of hydrogen-bond donors (Lipinski definition) is 1. The van der Waals surface area contributed by atoms with Crippen molar-refractivity contribution in [3.8, 4) is 0 Å². The van der Waals surface area contributed by atoms with Gasteiger partial charge in [0.25, 0.3) is 0 Å². The second-order valence-corrected chi connectivity index (χ2v) is 5.94. The van der Waals surface area contributed by atoms with Gasteiger partial charge in [0.15, 0.2) is 0 Å². The van der Waals surface area contributed by atoms with Gasteiger partial charge >= 0.3 is 0 Å². The number of benzene rings is 1. The van der Waals surface area contributed by atoms with E-state index in [1.54, 1.807) is 0 Å². The number of amides is 1. The third-order valence-corrected chi connectivity index (χ3v) is 4.41. The second kappa shape index (κ2) is 5.44. The third-order valence-electron chi connectivity index (χ3n) is 4.41. The van der Waals surface area contributed by atoms with E-state index in [2.05, 4.69) is 23.1 Å². The van der Waals surface area contributed by atoms with Crippen LogP contribution >= 0.6 is 0 Å². The number of anilines is 1. The lowest BCUT2D eigenvalue weighted by Gasteiger charge is -2.23. The fourth-order valence-corrected chi connectivity index (χ4v) is 3.17. The van der Waals surface area contributed by atoms with Gasteiger partial charge in [-0.3, -0.25) is 4.79 Å². The standard InChI is InChI=1S/C16H23N3O/c1-12(17)13-4-5-15-14(10-13)6-9-19(15)11-16(20)18-7-2-3-8-18/h4-5,10,12H,2-3,6-9,11,17H2,1H3. The Balaban J connectivity index is 1.71. The van der Waals surface area contributed by atoms with Crippen molar-refractivity contribution >= 4 is 11.6 Å². The van der Waals surface area contributed by atoms with E-state index in [9.17, 15) is 4.79 Å². The normalized spacial score (nSPS) is 19.3. The van der Waals surface area contributed by atoms with E-state index >= 15 is 0 Å². The maximum Gasteiger partial charge on any atom is 0.242 e. The summed E-state index contributed by atoms with van der Waals surface area (Å²) in [7, 11) is 0. The number of carbonyl (C=O) groups is 1. The van der Waals surface area contributed by atoms with Crippen LogP contribution in [0.15, 0.2) is 18.2 Å². The first kappa shape index (κ1) is 13.4. The minimum absolute atomic E-state index is 0.0700. The molecule has 3 rings (SSSR count). The lowest BCUT2D eigenvalue weighted by atomic mass is 10.0. The number of fused-ring (bicyclic) bond motifs is 1. The summed E-state index contributed by atoms with van der Waals surface area (Å²) < 4.78 is 0. The zero-order valence-electron chi connectivity index (χ0n) is 12.1. The average Bonchev–Trinajstić information content (AvgIpc) is 3.07. The molecule has 1 amide bonds. The van der Waals surface area contributed by atoms with Crippen LogP contribution in [0.2, 0.25) is 0 Å². The van der Waals surface area contributed by atoms with Crippen LogP contribution in [0.3, 0.4) is 0 Å². The summed E-state index contributed by atoms with van der Waals surface area (Å²) in [6.07, 6.45) is 3.32. The monoisotopic (exact) mass is 273 g/mol. The van der Waals surface area contributed by atoms with E-state index in [4.69, 9.17) is 5.73 Å². The molecule has 0 radical (unpaired) electrons. The maximum atomic E-state index is 12.3. The van der Waals surface area contributed by atoms with Crippen molar-refractivity contribution in [1.82, 2.24) is 4.90 Å². The Morgan fingerprint density at radius 1 is 1.30 bits per heavy atom. The average molecular weight is 273 g/mol. The van der Waals surface area contributed by atoms with Gasteiger partial charge in [0.05, 0.1) is 6.54 Å². The Hall–Kier alpha value is -1.55. The molecular formula is C16H23N3O. The highest BCUT2D eigenvalue weighted by Crippen LogP contribution is 2.30. The topological polar surface area (TPSA) is 49.6 Å². The molecule has 1 atom stereocenters. The van der Waals surface area contributed by atoms with Crippen LogP contribution in [0, 0.1) is 0 Å². The van der Waals surface area contributed by atoms with Crippen LogP contribution in [0.25, 0.3) is 0 Å². The fraction of sp³-hybridized carbons (Fsp3) is 0.562. The van der Waals surface area contributed by atoms with E-state index < -0.39 is 0 Å². The second-order valence-electron chi connectivity index (χ2n) is 5.94. The minimum Gasteiger partial charge on any atom is -0.362 e. The molecule has 1 fully saturated rings. The molecule has 0 spiro atoms. The maximum absolute atomic E-state index is 12.3. The van der Waals surface area contributed by atoms with E-state index in [0.717, 1.165) is 38.9 Å². The predicted molar refractivity (Wildman–Crippen MR) is 80.8 cm³/mol. The molecule has 1 aromatic carbocycles. The van der Waals surface area contributed by atoms with Crippen molar-refractivity contribution < 1.29 is 4.79 Å². The first-order valence-electron chi connectivity index (χ1n) is 7.56. The highest BCUT2D eigenvalue weighted by Gasteiger charge is 2.25. The van der Waals surface area contributed by atoms with Gasteiger partial charge in [-0.25, -0.2) is 0 Å². The summed E-state index contributed by atoms with van der Waals surface area (Å²) in [6.45, 7) is 5.33. The SMILES string of the molecule is CC(N)c1ccc2c(c1)CCN2CC(=O)N1CCCC1. The lowest BCUT2D eigenvalue weighted by Crippen LogP contribution is -2.38. The molecule has 2 aliphatic rings. The third kappa shape index (κ3) is 2.52. The zero-order valence-corrected chi connectivity index (χ0v) is 12.1. The van der Waals surface area contributed by atoms with Crippen LogP contribution in [-0.4, -0.2) is 37.0 Å². The molecule has 0 aromatic heterocycles. The van der Waals surface area contributed by atoms with Crippen LogP contribution in [0.5, 0.6) is 0 Å². The zero-order chi connectivity index (χ0) is 14.1. The molecular weight excluding hydrogens is 250 g/mol. The van der Waals surface area contributed by atoms with Crippen molar-refractivity contribution in [2.24, 2.45) is 5.73 Å². The predicted octanol–water partition coefficient (Wildman–Crippen LogP) is 1.69. The Kier molecular flexibility index (Phi) is 3.66. The van der Waals surface area contributed by atoms with Crippen LogP contribution in [0.4, 0.5) is 5.69 Å². The van der Waals surface area contributed by atoms with Crippen LogP contribution in [0.1, 0.15) is 36.9 Å². The van der Waals surface area contributed by atoms with Crippen molar-refractivity contribution in [3.63, 3.8) is 0 Å². The Morgan fingerprint density at radius 2 is 2.05 bits per heavy atom. The molecule has 4 nitrogen and oxygen atoms in total. The van der Waals surface area contributed by atoms with Gasteiger partial charge in [-0.05, 0) is 43.4 Å². The number of nitrogens with zero attached hydrogens (tertiary/aromatic N) is 2. The minimum atomic E-state index is 0.0700. The molecule has 2 N–H and O–H groups in total. The summed E-state index contributed by atoms with van der Waals surface area (Å²) >= 11 is 0. The lowest BCUT2D eigenvalue weighted by molar-refractivity contribution is -0.128. The Labute approximate surface area is 120 Å². The summed E-state index contributed by atoms with van der Waals surface area (Å²) in [5.74, 6) is 0.270. The van der Waals surface area contributed by atoms with Crippen LogP contribution in [-0.2, 0) is 11.2 Å². The van der Waals surface area contributed by atoms with Gasteiger partial charge in [0.1, 0.15) is 0 Å². The molecule has 1 unspecified atom stereocenters. The first-order chi connectivity index (χ1) is 9.65. The molecule has 2 aliphatic heterocycles. The smallest absolute Gasteiger partial charge is 0.242 e. The van der Waals surface area contributed by atoms with Crippen LogP contribution < -0.4 is 10.6 Å². The van der Waals surface area contributed by atoms with Gasteiger partial charge in [0.2, 0.25) is 5.91 Å². The van der Waals surface area contributed by atoms with Gasteiger partial charge in [0, 0.05) is 31.4 Å². The molecule has 1 saturated heterocycles. The molecule has 0 saturated carbocycles. The molecule has 0 aliphatic carbocycles. The summed E-state index contributed by atoms with van der Waals surface area (Å²) in [5, 5.41) is 0. The molecule has 20 heavy (non-hydrogen) atoms. The van der Waals surface area contributed by atoms with E-state index in [1.165, 1.54) is 16.8 Å².